The Kier molecular flexibility index (Phi) is 6.46. The summed E-state index contributed by atoms with van der Waals surface area (Å²) in [4.78, 5) is 13.3. The largest absolute Gasteiger partial charge is 0.392 e. The minimum atomic E-state index is -1.97. The van der Waals surface area contributed by atoms with E-state index in [4.69, 9.17) is 0 Å². The number of ketones is 1. The third-order valence-corrected chi connectivity index (χ3v) is 10.6. The zero-order chi connectivity index (χ0) is 26.4. The summed E-state index contributed by atoms with van der Waals surface area (Å²) in [5.74, 6) is -1.63. The zero-order valence-corrected chi connectivity index (χ0v) is 21.6. The summed E-state index contributed by atoms with van der Waals surface area (Å²) in [5, 5.41) is 78.4. The second-order valence-corrected chi connectivity index (χ2v) is 13.1. The van der Waals surface area contributed by atoms with E-state index >= 15 is 0 Å². The first-order valence-electron chi connectivity index (χ1n) is 13.1. The van der Waals surface area contributed by atoms with Gasteiger partial charge in [0.05, 0.1) is 35.6 Å². The molecule has 35 heavy (non-hydrogen) atoms. The summed E-state index contributed by atoms with van der Waals surface area (Å²) < 4.78 is 0. The minimum absolute atomic E-state index is 0.0989. The standard InChI is InChI=1S/C27H44O8/c1-14(2)6-7-20(31)25(5,33)19-8-9-26(34)15-10-21(32)27(35)13-17(29)16(28)11-24(27,4)22(15)18(30)12-23(19,26)3/h10,14,16-20,22,28-31,33-35H,6-9,11-13H2,1-5H3. The maximum atomic E-state index is 13.3. The molecule has 8 heteroatoms. The average molecular weight is 497 g/mol. The first-order valence-corrected chi connectivity index (χ1v) is 13.1. The number of aliphatic hydroxyl groups excluding tert-OH is 4. The molecule has 4 aliphatic rings. The van der Waals surface area contributed by atoms with Crippen LogP contribution in [-0.4, -0.2) is 82.7 Å². The monoisotopic (exact) mass is 496 g/mol. The molecular formula is C27H44O8. The van der Waals surface area contributed by atoms with Crippen molar-refractivity contribution in [2.75, 3.05) is 0 Å². The quantitative estimate of drug-likeness (QED) is 0.295. The molecule has 3 saturated carbocycles. The van der Waals surface area contributed by atoms with Crippen LogP contribution in [0.25, 0.3) is 0 Å². The van der Waals surface area contributed by atoms with Crippen molar-refractivity contribution in [3.05, 3.63) is 11.6 Å². The summed E-state index contributed by atoms with van der Waals surface area (Å²) in [6, 6.07) is 0. The smallest absolute Gasteiger partial charge is 0.187 e. The van der Waals surface area contributed by atoms with Crippen LogP contribution < -0.4 is 0 Å². The normalized spacial score (nSPS) is 50.1. The minimum Gasteiger partial charge on any atom is -0.392 e. The fraction of sp³-hybridized carbons (Fsp3) is 0.889. The maximum Gasteiger partial charge on any atom is 0.187 e. The molecule has 0 spiro atoms. The van der Waals surface area contributed by atoms with E-state index in [1.165, 1.54) is 6.08 Å². The van der Waals surface area contributed by atoms with Gasteiger partial charge in [-0.1, -0.05) is 27.7 Å². The predicted octanol–water partition coefficient (Wildman–Crippen LogP) is 0.825. The molecule has 0 amide bonds. The molecule has 11 atom stereocenters. The van der Waals surface area contributed by atoms with E-state index < -0.39 is 69.7 Å². The van der Waals surface area contributed by atoms with Crippen molar-refractivity contribution in [3.8, 4) is 0 Å². The van der Waals surface area contributed by atoms with Gasteiger partial charge >= 0.3 is 0 Å². The molecule has 200 valence electrons. The lowest BCUT2D eigenvalue weighted by molar-refractivity contribution is -0.228. The lowest BCUT2D eigenvalue weighted by Gasteiger charge is -2.64. The maximum absolute atomic E-state index is 13.3. The van der Waals surface area contributed by atoms with Crippen LogP contribution in [0.5, 0.6) is 0 Å². The van der Waals surface area contributed by atoms with E-state index in [1.807, 2.05) is 20.8 Å². The summed E-state index contributed by atoms with van der Waals surface area (Å²) in [7, 11) is 0. The summed E-state index contributed by atoms with van der Waals surface area (Å²) >= 11 is 0. The van der Waals surface area contributed by atoms with E-state index in [2.05, 4.69) is 0 Å². The molecule has 0 saturated heterocycles. The van der Waals surface area contributed by atoms with Gasteiger partial charge in [-0.25, -0.2) is 0 Å². The third-order valence-electron chi connectivity index (χ3n) is 10.6. The second kappa shape index (κ2) is 8.32. The van der Waals surface area contributed by atoms with Gasteiger partial charge in [0.2, 0.25) is 0 Å². The number of carbonyl (C=O) groups excluding carboxylic acids is 1. The van der Waals surface area contributed by atoms with E-state index in [-0.39, 0.29) is 25.7 Å². The van der Waals surface area contributed by atoms with Crippen LogP contribution in [0.1, 0.15) is 79.6 Å². The van der Waals surface area contributed by atoms with Crippen molar-refractivity contribution in [1.82, 2.24) is 0 Å². The van der Waals surface area contributed by atoms with Crippen molar-refractivity contribution in [2.24, 2.45) is 28.6 Å². The Hall–Kier alpha value is -0.870. The third kappa shape index (κ3) is 3.55. The number of hydrogen-bond acceptors (Lipinski definition) is 8. The molecule has 3 fully saturated rings. The lowest BCUT2D eigenvalue weighted by Crippen LogP contribution is -2.71. The highest BCUT2D eigenvalue weighted by Gasteiger charge is 2.73. The first kappa shape index (κ1) is 27.2. The van der Waals surface area contributed by atoms with Crippen LogP contribution in [0, 0.1) is 28.6 Å². The van der Waals surface area contributed by atoms with Crippen molar-refractivity contribution in [1.29, 1.82) is 0 Å². The van der Waals surface area contributed by atoms with Crippen molar-refractivity contribution >= 4 is 5.78 Å². The zero-order valence-electron chi connectivity index (χ0n) is 21.6. The highest BCUT2D eigenvalue weighted by molar-refractivity contribution is 6.00. The van der Waals surface area contributed by atoms with Gasteiger partial charge in [0.15, 0.2) is 5.78 Å². The van der Waals surface area contributed by atoms with Gasteiger partial charge in [0, 0.05) is 23.2 Å². The second-order valence-electron chi connectivity index (χ2n) is 13.1. The number of rotatable bonds is 5. The van der Waals surface area contributed by atoms with Gasteiger partial charge in [-0.15, -0.1) is 0 Å². The number of hydrogen-bond donors (Lipinski definition) is 7. The average Bonchev–Trinajstić information content (AvgIpc) is 3.01. The van der Waals surface area contributed by atoms with Crippen molar-refractivity contribution in [3.63, 3.8) is 0 Å². The molecule has 8 nitrogen and oxygen atoms in total. The van der Waals surface area contributed by atoms with E-state index in [9.17, 15) is 40.5 Å². The molecule has 7 N–H and O–H groups in total. The summed E-state index contributed by atoms with van der Waals surface area (Å²) in [6.45, 7) is 9.14. The Morgan fingerprint density at radius 1 is 0.971 bits per heavy atom. The fourth-order valence-corrected chi connectivity index (χ4v) is 8.42. The van der Waals surface area contributed by atoms with Gasteiger partial charge in [-0.05, 0) is 68.9 Å². The van der Waals surface area contributed by atoms with Crippen LogP contribution >= 0.6 is 0 Å². The molecule has 0 radical (unpaired) electrons. The Morgan fingerprint density at radius 2 is 1.54 bits per heavy atom. The van der Waals surface area contributed by atoms with Crippen LogP contribution in [0.2, 0.25) is 0 Å². The van der Waals surface area contributed by atoms with Gasteiger partial charge in [0.1, 0.15) is 5.60 Å². The van der Waals surface area contributed by atoms with Gasteiger partial charge in [-0.3, -0.25) is 4.79 Å². The van der Waals surface area contributed by atoms with E-state index in [1.54, 1.807) is 13.8 Å². The van der Waals surface area contributed by atoms with E-state index in [0.29, 0.717) is 24.3 Å². The van der Waals surface area contributed by atoms with Crippen LogP contribution in [0.3, 0.4) is 0 Å². The van der Waals surface area contributed by atoms with Crippen LogP contribution in [0.4, 0.5) is 0 Å². The van der Waals surface area contributed by atoms with Crippen LogP contribution in [-0.2, 0) is 4.79 Å². The Balaban J connectivity index is 1.76. The molecular weight excluding hydrogens is 452 g/mol. The molecule has 0 aromatic rings. The number of carbonyl (C=O) groups is 1. The van der Waals surface area contributed by atoms with Gasteiger partial charge < -0.3 is 35.7 Å². The fourth-order valence-electron chi connectivity index (χ4n) is 8.42. The van der Waals surface area contributed by atoms with Crippen molar-refractivity contribution < 1.29 is 40.5 Å². The topological polar surface area (TPSA) is 159 Å². The molecule has 4 rings (SSSR count). The Labute approximate surface area is 207 Å². The molecule has 4 aliphatic carbocycles. The molecule has 11 unspecified atom stereocenters. The SMILES string of the molecule is CC(C)CCC(O)C(C)(O)C1CCC2(O)C3=CC(=O)C4(O)CC(O)C(O)CC4(C)C3C(O)CC12C. The van der Waals surface area contributed by atoms with Crippen molar-refractivity contribution in [2.45, 2.75) is 121 Å². The molecule has 0 aromatic heterocycles. The molecule has 0 aliphatic heterocycles. The lowest BCUT2D eigenvalue weighted by atomic mass is 9.43. The highest BCUT2D eigenvalue weighted by Crippen LogP contribution is 2.69. The highest BCUT2D eigenvalue weighted by atomic mass is 16.3. The van der Waals surface area contributed by atoms with Crippen LogP contribution in [0.15, 0.2) is 11.6 Å². The Bertz CT molecular complexity index is 900. The molecule has 0 heterocycles. The molecule has 0 aromatic carbocycles. The molecule has 0 bridgehead atoms. The Morgan fingerprint density at radius 3 is 2.14 bits per heavy atom. The van der Waals surface area contributed by atoms with E-state index in [0.717, 1.165) is 6.42 Å². The summed E-state index contributed by atoms with van der Waals surface area (Å²) in [5.41, 5.74) is -7.02. The number of aliphatic hydroxyl groups is 7. The number of fused-ring (bicyclic) bond motifs is 5. The van der Waals surface area contributed by atoms with Gasteiger partial charge in [0.25, 0.3) is 0 Å². The van der Waals surface area contributed by atoms with Gasteiger partial charge in [-0.2, -0.15) is 0 Å². The predicted molar refractivity (Wildman–Crippen MR) is 128 cm³/mol. The summed E-state index contributed by atoms with van der Waals surface area (Å²) in [6.07, 6.45) is -1.83. The first-order chi connectivity index (χ1) is 16.0.